The Morgan fingerprint density at radius 3 is 2.64 bits per heavy atom. The van der Waals surface area contributed by atoms with E-state index in [-0.39, 0.29) is 5.97 Å². The summed E-state index contributed by atoms with van der Waals surface area (Å²) < 4.78 is 4.94. The van der Waals surface area contributed by atoms with Crippen molar-refractivity contribution >= 4 is 33.3 Å². The van der Waals surface area contributed by atoms with E-state index >= 15 is 0 Å². The summed E-state index contributed by atoms with van der Waals surface area (Å²) in [6, 6.07) is 0.386. The fourth-order valence-corrected chi connectivity index (χ4v) is 4.64. The number of methoxy groups -OCH3 is 1. The summed E-state index contributed by atoms with van der Waals surface area (Å²) in [4.78, 5) is 27.7. The van der Waals surface area contributed by atoms with Gasteiger partial charge in [0.15, 0.2) is 0 Å². The molecule has 0 N–H and O–H groups in total. The third kappa shape index (κ3) is 3.22. The number of carbonyl (C=O) groups excluding carboxylic acids is 1. The van der Waals surface area contributed by atoms with E-state index in [9.17, 15) is 4.79 Å². The molecule has 0 amide bonds. The van der Waals surface area contributed by atoms with Crippen molar-refractivity contribution < 1.29 is 9.53 Å². The van der Waals surface area contributed by atoms with Gasteiger partial charge in [-0.3, -0.25) is 0 Å². The summed E-state index contributed by atoms with van der Waals surface area (Å²) >= 11 is 1.40. The predicted molar refractivity (Wildman–Crippen MR) is 102 cm³/mol. The highest BCUT2D eigenvalue weighted by molar-refractivity contribution is 7.20. The van der Waals surface area contributed by atoms with Crippen LogP contribution in [-0.4, -0.2) is 60.7 Å². The molecule has 7 heteroatoms. The van der Waals surface area contributed by atoms with E-state index in [1.807, 2.05) is 13.8 Å². The summed E-state index contributed by atoms with van der Waals surface area (Å²) in [5, 5.41) is 0.992. The monoisotopic (exact) mass is 362 g/mol. The minimum absolute atomic E-state index is 0.303. The molecule has 0 saturated carbocycles. The fourth-order valence-electron chi connectivity index (χ4n) is 3.50. The van der Waals surface area contributed by atoms with Gasteiger partial charge in [0.2, 0.25) is 0 Å². The number of hydrogen-bond donors (Lipinski definition) is 0. The highest BCUT2D eigenvalue weighted by atomic mass is 32.1. The van der Waals surface area contributed by atoms with Gasteiger partial charge in [-0.05, 0) is 32.4 Å². The van der Waals surface area contributed by atoms with Crippen molar-refractivity contribution in [1.82, 2.24) is 14.9 Å². The molecular formula is C18H26N4O2S. The van der Waals surface area contributed by atoms with Crippen LogP contribution in [0.25, 0.3) is 10.2 Å². The van der Waals surface area contributed by atoms with Gasteiger partial charge in [-0.15, -0.1) is 11.3 Å². The number of anilines is 1. The second kappa shape index (κ2) is 6.88. The van der Waals surface area contributed by atoms with E-state index in [1.54, 1.807) is 0 Å². The van der Waals surface area contributed by atoms with Crippen molar-refractivity contribution in [3.63, 3.8) is 0 Å². The molecule has 1 unspecified atom stereocenters. The Kier molecular flexibility index (Phi) is 4.97. The van der Waals surface area contributed by atoms with E-state index in [4.69, 9.17) is 9.72 Å². The molecule has 2 aromatic heterocycles. The lowest BCUT2D eigenvalue weighted by atomic mass is 9.99. The number of aryl methyl sites for hydroxylation is 2. The standard InChI is InChI=1S/C18H26N4O2S/c1-10(2)13-9-21(5)7-8-22(13)16-14-11(3)15(18(23)24-6)25-17(14)20-12(4)19-16/h10,13H,7-9H2,1-6H3. The molecule has 1 aliphatic heterocycles. The maximum Gasteiger partial charge on any atom is 0.348 e. The molecule has 1 atom stereocenters. The molecule has 136 valence electrons. The Bertz CT molecular complexity index is 802. The zero-order valence-electron chi connectivity index (χ0n) is 15.8. The SMILES string of the molecule is COC(=O)c1sc2nc(C)nc(N3CCN(C)CC3C(C)C)c2c1C. The Morgan fingerprint density at radius 1 is 1.28 bits per heavy atom. The quantitative estimate of drug-likeness (QED) is 0.783. The van der Waals surface area contributed by atoms with E-state index in [2.05, 4.69) is 35.7 Å². The zero-order valence-corrected chi connectivity index (χ0v) is 16.6. The van der Waals surface area contributed by atoms with Crippen LogP contribution < -0.4 is 4.90 Å². The number of nitrogens with zero attached hydrogens (tertiary/aromatic N) is 4. The molecule has 1 fully saturated rings. The molecule has 3 heterocycles. The summed E-state index contributed by atoms with van der Waals surface area (Å²) in [6.45, 7) is 11.3. The number of fused-ring (bicyclic) bond motifs is 1. The fraction of sp³-hybridized carbons (Fsp3) is 0.611. The Labute approximate surface area is 152 Å². The van der Waals surface area contributed by atoms with E-state index in [0.717, 1.165) is 47.1 Å². The van der Waals surface area contributed by atoms with Crippen LogP contribution in [0.15, 0.2) is 0 Å². The number of ether oxygens (including phenoxy) is 1. The number of esters is 1. The van der Waals surface area contributed by atoms with Gasteiger partial charge in [0.25, 0.3) is 0 Å². The number of aromatic nitrogens is 2. The normalized spacial score (nSPS) is 19.0. The van der Waals surface area contributed by atoms with Gasteiger partial charge in [0.1, 0.15) is 21.3 Å². The molecule has 6 nitrogen and oxygen atoms in total. The number of rotatable bonds is 3. The van der Waals surface area contributed by atoms with Crippen LogP contribution in [-0.2, 0) is 4.74 Å². The lowest BCUT2D eigenvalue weighted by molar-refractivity contribution is 0.0605. The number of thiophene rings is 1. The van der Waals surface area contributed by atoms with Crippen molar-refractivity contribution in [1.29, 1.82) is 0 Å². The van der Waals surface area contributed by atoms with E-state index < -0.39 is 0 Å². The Morgan fingerprint density at radius 2 is 2.00 bits per heavy atom. The first kappa shape index (κ1) is 18.1. The topological polar surface area (TPSA) is 58.6 Å². The van der Waals surface area contributed by atoms with E-state index in [1.165, 1.54) is 18.4 Å². The largest absolute Gasteiger partial charge is 0.465 e. The lowest BCUT2D eigenvalue weighted by Crippen LogP contribution is -2.54. The van der Waals surface area contributed by atoms with Gasteiger partial charge in [-0.25, -0.2) is 14.8 Å². The van der Waals surface area contributed by atoms with Gasteiger partial charge >= 0.3 is 5.97 Å². The van der Waals surface area contributed by atoms with Crippen molar-refractivity contribution in [3.8, 4) is 0 Å². The van der Waals surface area contributed by atoms with Gasteiger partial charge in [0.05, 0.1) is 12.5 Å². The van der Waals surface area contributed by atoms with Gasteiger partial charge < -0.3 is 14.5 Å². The molecular weight excluding hydrogens is 336 g/mol. The molecule has 1 aliphatic rings. The minimum atomic E-state index is -0.303. The second-order valence-corrected chi connectivity index (χ2v) is 8.09. The van der Waals surface area contributed by atoms with Crippen LogP contribution >= 0.6 is 11.3 Å². The third-order valence-electron chi connectivity index (χ3n) is 4.92. The first-order valence-corrected chi connectivity index (χ1v) is 9.46. The van der Waals surface area contributed by atoms with Crippen molar-refractivity contribution in [2.45, 2.75) is 33.7 Å². The predicted octanol–water partition coefficient (Wildman–Crippen LogP) is 2.87. The summed E-state index contributed by atoms with van der Waals surface area (Å²) in [5.41, 5.74) is 0.920. The number of piperazine rings is 1. The average Bonchev–Trinajstić information content (AvgIpc) is 2.90. The first-order valence-electron chi connectivity index (χ1n) is 8.64. The lowest BCUT2D eigenvalue weighted by Gasteiger charge is -2.43. The molecule has 0 spiro atoms. The maximum absolute atomic E-state index is 12.1. The van der Waals surface area contributed by atoms with Gasteiger partial charge in [-0.2, -0.15) is 0 Å². The molecule has 3 rings (SSSR count). The summed E-state index contributed by atoms with van der Waals surface area (Å²) in [7, 11) is 3.58. The van der Waals surface area contributed by atoms with Crippen LogP contribution in [0.5, 0.6) is 0 Å². The molecule has 0 radical (unpaired) electrons. The van der Waals surface area contributed by atoms with Crippen molar-refractivity contribution in [2.75, 3.05) is 38.7 Å². The summed E-state index contributed by atoms with van der Waals surface area (Å²) in [6.07, 6.45) is 0. The van der Waals surface area contributed by atoms with Crippen LogP contribution in [0.2, 0.25) is 0 Å². The maximum atomic E-state index is 12.1. The van der Waals surface area contributed by atoms with Crippen molar-refractivity contribution in [2.24, 2.45) is 5.92 Å². The molecule has 25 heavy (non-hydrogen) atoms. The smallest absolute Gasteiger partial charge is 0.348 e. The molecule has 0 aromatic carbocycles. The second-order valence-electron chi connectivity index (χ2n) is 7.09. The Hall–Kier alpha value is -1.73. The minimum Gasteiger partial charge on any atom is -0.465 e. The molecule has 0 bridgehead atoms. The number of carbonyl (C=O) groups is 1. The molecule has 1 saturated heterocycles. The number of likely N-dealkylation sites (N-methyl/N-ethyl adjacent to an activating group) is 1. The van der Waals surface area contributed by atoms with Crippen molar-refractivity contribution in [3.05, 3.63) is 16.3 Å². The van der Waals surface area contributed by atoms with Crippen LogP contribution in [0.4, 0.5) is 5.82 Å². The summed E-state index contributed by atoms with van der Waals surface area (Å²) in [5.74, 6) is 1.90. The zero-order chi connectivity index (χ0) is 18.3. The highest BCUT2D eigenvalue weighted by Gasteiger charge is 2.31. The van der Waals surface area contributed by atoms with E-state index in [0.29, 0.717) is 16.8 Å². The average molecular weight is 362 g/mol. The Balaban J connectivity index is 2.17. The molecule has 2 aromatic rings. The highest BCUT2D eigenvalue weighted by Crippen LogP contribution is 2.37. The van der Waals surface area contributed by atoms with Crippen LogP contribution in [0, 0.1) is 19.8 Å². The molecule has 0 aliphatic carbocycles. The van der Waals surface area contributed by atoms with Crippen LogP contribution in [0.1, 0.15) is 34.9 Å². The number of hydrogen-bond acceptors (Lipinski definition) is 7. The van der Waals surface area contributed by atoms with Gasteiger partial charge in [-0.1, -0.05) is 13.8 Å². The van der Waals surface area contributed by atoms with Crippen LogP contribution in [0.3, 0.4) is 0 Å². The van der Waals surface area contributed by atoms with Gasteiger partial charge in [0, 0.05) is 25.7 Å². The third-order valence-corrected chi connectivity index (χ3v) is 6.08. The first-order chi connectivity index (χ1) is 11.8.